The van der Waals surface area contributed by atoms with Crippen molar-refractivity contribution in [2.45, 2.75) is 123 Å². The fourth-order valence-electron chi connectivity index (χ4n) is 5.20. The van der Waals surface area contributed by atoms with Crippen molar-refractivity contribution < 1.29 is 40.2 Å². The molecule has 0 radical (unpaired) electrons. The first-order valence-corrected chi connectivity index (χ1v) is 14.2. The summed E-state index contributed by atoms with van der Waals surface area (Å²) in [6, 6.07) is 0. The normalized spacial score (nSPS) is 24.0. The van der Waals surface area contributed by atoms with Crippen molar-refractivity contribution in [3.8, 4) is 0 Å². The zero-order valence-corrected chi connectivity index (χ0v) is 23.9. The third-order valence-corrected chi connectivity index (χ3v) is 8.07. The van der Waals surface area contributed by atoms with Crippen LogP contribution in [0.15, 0.2) is 46.6 Å². The van der Waals surface area contributed by atoms with Gasteiger partial charge in [0.25, 0.3) is 0 Å². The highest BCUT2D eigenvalue weighted by atomic mass is 16.4. The van der Waals surface area contributed by atoms with Gasteiger partial charge in [0.2, 0.25) is 0 Å². The van der Waals surface area contributed by atoms with Crippen molar-refractivity contribution in [2.24, 2.45) is 10.8 Å². The van der Waals surface area contributed by atoms with E-state index in [9.17, 15) is 40.2 Å². The molecule has 2 rings (SSSR count). The van der Waals surface area contributed by atoms with Crippen LogP contribution in [0.25, 0.3) is 0 Å². The maximum absolute atomic E-state index is 11.3. The summed E-state index contributed by atoms with van der Waals surface area (Å²) < 4.78 is 0. The Balaban J connectivity index is 1.82. The molecule has 0 heterocycles. The van der Waals surface area contributed by atoms with Gasteiger partial charge < -0.3 is 30.6 Å². The molecule has 8 heteroatoms. The number of rotatable bonds is 16. The first kappa shape index (κ1) is 32.9. The highest BCUT2D eigenvalue weighted by molar-refractivity contribution is 5.73. The van der Waals surface area contributed by atoms with E-state index in [4.69, 9.17) is 0 Å². The minimum atomic E-state index is -0.826. The van der Waals surface area contributed by atoms with Gasteiger partial charge in [-0.3, -0.25) is 9.59 Å². The standard InChI is InChI=1S/C31H48O8/c1-30(2,28(36)37)14-7-5-10-20-16-24(32)18-22(26(20)34)12-9-13-23-19-25(33)17-21(27(23)35)11-6-8-15-31(3,4)29(38)39/h16-19,24-27,32-35H,5-15H2,1-4H3,(H,36,37)(H,38,39). The van der Waals surface area contributed by atoms with Crippen molar-refractivity contribution in [1.29, 1.82) is 0 Å². The minimum absolute atomic E-state index is 0.533. The van der Waals surface area contributed by atoms with Gasteiger partial charge in [-0.15, -0.1) is 0 Å². The van der Waals surface area contributed by atoms with Gasteiger partial charge in [0.05, 0.1) is 35.2 Å². The van der Waals surface area contributed by atoms with Crippen LogP contribution in [-0.4, -0.2) is 67.0 Å². The summed E-state index contributed by atoms with van der Waals surface area (Å²) in [7, 11) is 0. The molecule has 0 aromatic heterocycles. The zero-order valence-electron chi connectivity index (χ0n) is 23.9. The molecule has 6 N–H and O–H groups in total. The lowest BCUT2D eigenvalue weighted by Crippen LogP contribution is -2.24. The molecule has 0 aromatic carbocycles. The molecule has 2 aliphatic rings. The Morgan fingerprint density at radius 1 is 0.564 bits per heavy atom. The number of unbranched alkanes of at least 4 members (excludes halogenated alkanes) is 2. The monoisotopic (exact) mass is 548 g/mol. The topological polar surface area (TPSA) is 156 Å². The third-order valence-electron chi connectivity index (χ3n) is 8.07. The average Bonchev–Trinajstić information content (AvgIpc) is 2.84. The molecule has 0 saturated heterocycles. The van der Waals surface area contributed by atoms with E-state index in [2.05, 4.69) is 0 Å². The number of aliphatic carboxylic acids is 2. The number of hydrogen-bond acceptors (Lipinski definition) is 6. The Hall–Kier alpha value is -2.26. The Labute approximate surface area is 232 Å². The van der Waals surface area contributed by atoms with Gasteiger partial charge in [-0.25, -0.2) is 0 Å². The predicted molar refractivity (Wildman–Crippen MR) is 150 cm³/mol. The van der Waals surface area contributed by atoms with Crippen LogP contribution in [0.4, 0.5) is 0 Å². The Kier molecular flexibility index (Phi) is 12.2. The fraction of sp³-hybridized carbons (Fsp3) is 0.677. The molecule has 0 saturated carbocycles. The van der Waals surface area contributed by atoms with E-state index in [-0.39, 0.29) is 0 Å². The lowest BCUT2D eigenvalue weighted by molar-refractivity contribution is -0.148. The maximum Gasteiger partial charge on any atom is 0.309 e. The van der Waals surface area contributed by atoms with E-state index in [0.29, 0.717) is 57.8 Å². The molecule has 0 amide bonds. The van der Waals surface area contributed by atoms with Crippen molar-refractivity contribution in [2.75, 3.05) is 0 Å². The number of carboxylic acid groups (broad SMARTS) is 2. The van der Waals surface area contributed by atoms with Crippen LogP contribution in [-0.2, 0) is 9.59 Å². The first-order chi connectivity index (χ1) is 18.1. The van der Waals surface area contributed by atoms with Gasteiger partial charge >= 0.3 is 11.9 Å². The van der Waals surface area contributed by atoms with Gasteiger partial charge in [-0.05, 0) is 108 Å². The number of carbonyl (C=O) groups is 2. The number of aliphatic hydroxyl groups excluding tert-OH is 4. The molecule has 39 heavy (non-hydrogen) atoms. The number of carboxylic acids is 2. The van der Waals surface area contributed by atoms with Gasteiger partial charge in [0.1, 0.15) is 0 Å². The molecule has 8 nitrogen and oxygen atoms in total. The Morgan fingerprint density at radius 3 is 1.13 bits per heavy atom. The third kappa shape index (κ3) is 10.0. The van der Waals surface area contributed by atoms with Gasteiger partial charge in [-0.2, -0.15) is 0 Å². The van der Waals surface area contributed by atoms with E-state index in [1.165, 1.54) is 0 Å². The maximum atomic E-state index is 11.3. The average molecular weight is 549 g/mol. The van der Waals surface area contributed by atoms with Crippen molar-refractivity contribution in [3.05, 3.63) is 46.6 Å². The second-order valence-corrected chi connectivity index (χ2v) is 12.4. The summed E-state index contributed by atoms with van der Waals surface area (Å²) in [6.07, 6.45) is 10.3. The van der Waals surface area contributed by atoms with Gasteiger partial charge in [0, 0.05) is 0 Å². The van der Waals surface area contributed by atoms with E-state index in [1.54, 1.807) is 52.0 Å². The lowest BCUT2D eigenvalue weighted by atomic mass is 9.83. The Morgan fingerprint density at radius 2 is 0.846 bits per heavy atom. The SMILES string of the molecule is CC(C)(CCCCC1=CC(O)C=C(CCCC2=CC(O)C=C(CCCCC(C)(C)C(=O)O)C2O)C1O)C(=O)O. The Bertz CT molecular complexity index is 907. The van der Waals surface area contributed by atoms with E-state index >= 15 is 0 Å². The number of aliphatic hydroxyl groups is 4. The first-order valence-electron chi connectivity index (χ1n) is 14.2. The summed E-state index contributed by atoms with van der Waals surface area (Å²) in [4.78, 5) is 22.6. The minimum Gasteiger partial charge on any atom is -0.481 e. The molecular formula is C31H48O8. The second-order valence-electron chi connectivity index (χ2n) is 12.4. The van der Waals surface area contributed by atoms with Crippen LogP contribution >= 0.6 is 0 Å². The summed E-state index contributed by atoms with van der Waals surface area (Å²) in [6.45, 7) is 6.81. The molecular weight excluding hydrogens is 500 g/mol. The van der Waals surface area contributed by atoms with Crippen LogP contribution in [0.1, 0.15) is 98.3 Å². The van der Waals surface area contributed by atoms with Crippen molar-refractivity contribution in [1.82, 2.24) is 0 Å². The predicted octanol–water partition coefficient (Wildman–Crippen LogP) is 4.68. The largest absolute Gasteiger partial charge is 0.481 e. The highest BCUT2D eigenvalue weighted by Crippen LogP contribution is 2.32. The molecule has 4 unspecified atom stereocenters. The van der Waals surface area contributed by atoms with Crippen molar-refractivity contribution >= 4 is 11.9 Å². The quantitative estimate of drug-likeness (QED) is 0.120. The van der Waals surface area contributed by atoms with Crippen LogP contribution in [0, 0.1) is 10.8 Å². The molecule has 0 aromatic rings. The molecule has 220 valence electrons. The second kappa shape index (κ2) is 14.4. The summed E-state index contributed by atoms with van der Waals surface area (Å²) in [5.41, 5.74) is 1.38. The van der Waals surface area contributed by atoms with Crippen LogP contribution in [0.3, 0.4) is 0 Å². The summed E-state index contributed by atoms with van der Waals surface area (Å²) in [5.74, 6) is -1.65. The summed E-state index contributed by atoms with van der Waals surface area (Å²) in [5, 5.41) is 60.9. The van der Waals surface area contributed by atoms with E-state index in [1.807, 2.05) is 0 Å². The highest BCUT2D eigenvalue weighted by Gasteiger charge is 2.28. The smallest absolute Gasteiger partial charge is 0.309 e. The number of hydrogen-bond donors (Lipinski definition) is 6. The summed E-state index contributed by atoms with van der Waals surface area (Å²) >= 11 is 0. The van der Waals surface area contributed by atoms with E-state index in [0.717, 1.165) is 35.1 Å². The molecule has 0 bridgehead atoms. The van der Waals surface area contributed by atoms with E-state index < -0.39 is 47.2 Å². The molecule has 2 aliphatic carbocycles. The molecule has 0 spiro atoms. The molecule has 0 aliphatic heterocycles. The van der Waals surface area contributed by atoms with Crippen molar-refractivity contribution in [3.63, 3.8) is 0 Å². The lowest BCUT2D eigenvalue weighted by Gasteiger charge is -2.27. The van der Waals surface area contributed by atoms with Gasteiger partial charge in [0.15, 0.2) is 0 Å². The molecule has 0 fully saturated rings. The molecule has 4 atom stereocenters. The van der Waals surface area contributed by atoms with Crippen LogP contribution < -0.4 is 0 Å². The van der Waals surface area contributed by atoms with Crippen LogP contribution in [0.2, 0.25) is 0 Å². The zero-order chi connectivity index (χ0) is 29.4. The van der Waals surface area contributed by atoms with Gasteiger partial charge in [-0.1, -0.05) is 37.1 Å². The van der Waals surface area contributed by atoms with Crippen LogP contribution in [0.5, 0.6) is 0 Å². The fourth-order valence-corrected chi connectivity index (χ4v) is 5.20.